The van der Waals surface area contributed by atoms with Crippen molar-refractivity contribution in [1.29, 1.82) is 5.26 Å². The molecule has 3 aromatic rings. The van der Waals surface area contributed by atoms with Crippen LogP contribution in [0.2, 0.25) is 0 Å². The molecule has 2 aromatic heterocycles. The number of hydrogen-bond acceptors (Lipinski definition) is 7. The summed E-state index contributed by atoms with van der Waals surface area (Å²) in [6, 6.07) is 8.31. The number of fused-ring (bicyclic) bond motifs is 2. The number of hydrogen-bond donors (Lipinski definition) is 3. The van der Waals surface area contributed by atoms with Gasteiger partial charge in [0.05, 0.1) is 29.4 Å². The quantitative estimate of drug-likeness (QED) is 0.440. The molecule has 5 rings (SSSR count). The molecule has 1 amide bonds. The van der Waals surface area contributed by atoms with E-state index in [9.17, 15) is 28.4 Å². The lowest BCUT2D eigenvalue weighted by Gasteiger charge is -2.42. The molecule has 206 valence electrons. The van der Waals surface area contributed by atoms with E-state index in [-0.39, 0.29) is 47.5 Å². The van der Waals surface area contributed by atoms with Gasteiger partial charge in [-0.25, -0.2) is 17.6 Å². The smallest absolute Gasteiger partial charge is 0.407 e. The number of amides is 1. The summed E-state index contributed by atoms with van der Waals surface area (Å²) < 4.78 is 44.5. The second-order valence-electron chi connectivity index (χ2n) is 10.8. The van der Waals surface area contributed by atoms with Crippen LogP contribution in [-0.2, 0) is 22.1 Å². The topological polar surface area (TPSA) is 164 Å². The van der Waals surface area contributed by atoms with E-state index in [2.05, 4.69) is 15.4 Å². The van der Waals surface area contributed by atoms with Crippen molar-refractivity contribution in [3.05, 3.63) is 46.4 Å². The van der Waals surface area contributed by atoms with Gasteiger partial charge in [-0.1, -0.05) is 0 Å². The molecule has 39 heavy (non-hydrogen) atoms. The number of sulfonamides is 1. The first-order valence-electron chi connectivity index (χ1n) is 12.3. The van der Waals surface area contributed by atoms with Gasteiger partial charge in [0.1, 0.15) is 17.1 Å². The van der Waals surface area contributed by atoms with Crippen LogP contribution in [0, 0.1) is 11.3 Å². The largest absolute Gasteiger partial charge is 0.465 e. The second-order valence-corrected chi connectivity index (χ2v) is 12.7. The van der Waals surface area contributed by atoms with Crippen molar-refractivity contribution >= 4 is 38.5 Å². The highest BCUT2D eigenvalue weighted by Crippen LogP contribution is 2.40. The Morgan fingerprint density at radius 1 is 1.36 bits per heavy atom. The maximum Gasteiger partial charge on any atom is 0.407 e. The molecule has 2 atom stereocenters. The molecular formula is C25H28FN7O5S. The SMILES string of the molecule is CC(C)(C)N1Cc2cc(Nc3nn(C4(CC#N)CCN(C(=O)O)CC4F)c4cc[nH]c(=O)c34)ccc2S1(=O)=O. The fourth-order valence-corrected chi connectivity index (χ4v) is 7.36. The number of pyridine rings is 1. The number of alkyl halides is 1. The van der Waals surface area contributed by atoms with E-state index in [1.54, 1.807) is 18.2 Å². The lowest BCUT2D eigenvalue weighted by molar-refractivity contribution is 0.0170. The average Bonchev–Trinajstić information content (AvgIpc) is 3.36. The average molecular weight is 558 g/mol. The molecule has 4 heterocycles. The summed E-state index contributed by atoms with van der Waals surface area (Å²) >= 11 is 0. The van der Waals surface area contributed by atoms with Gasteiger partial charge in [0.15, 0.2) is 5.82 Å². The highest BCUT2D eigenvalue weighted by atomic mass is 32.2. The number of likely N-dealkylation sites (tertiary alicyclic amines) is 1. The van der Waals surface area contributed by atoms with Gasteiger partial charge in [0.25, 0.3) is 5.56 Å². The highest BCUT2D eigenvalue weighted by Gasteiger charge is 2.48. The fourth-order valence-electron chi connectivity index (χ4n) is 5.39. The predicted octanol–water partition coefficient (Wildman–Crippen LogP) is 3.10. The van der Waals surface area contributed by atoms with E-state index >= 15 is 4.39 Å². The Morgan fingerprint density at radius 3 is 2.74 bits per heavy atom. The molecular weight excluding hydrogens is 529 g/mol. The van der Waals surface area contributed by atoms with E-state index in [1.807, 2.05) is 26.8 Å². The molecule has 12 nitrogen and oxygen atoms in total. The van der Waals surface area contributed by atoms with Crippen molar-refractivity contribution < 1.29 is 22.7 Å². The van der Waals surface area contributed by atoms with Gasteiger partial charge in [0.2, 0.25) is 10.0 Å². The number of halogens is 1. The molecule has 0 radical (unpaired) electrons. The zero-order valence-electron chi connectivity index (χ0n) is 21.6. The van der Waals surface area contributed by atoms with Crippen LogP contribution in [0.4, 0.5) is 20.7 Å². The maximum absolute atomic E-state index is 15.7. The molecule has 0 aliphatic carbocycles. The van der Waals surface area contributed by atoms with Gasteiger partial charge >= 0.3 is 6.09 Å². The van der Waals surface area contributed by atoms with Crippen LogP contribution < -0.4 is 10.9 Å². The number of nitriles is 1. The third kappa shape index (κ3) is 4.22. The van der Waals surface area contributed by atoms with E-state index in [0.717, 1.165) is 4.90 Å². The lowest BCUT2D eigenvalue weighted by Crippen LogP contribution is -2.56. The van der Waals surface area contributed by atoms with Crippen LogP contribution in [0.5, 0.6) is 0 Å². The minimum absolute atomic E-state index is 0.00564. The first-order valence-corrected chi connectivity index (χ1v) is 13.8. The Balaban J connectivity index is 1.58. The van der Waals surface area contributed by atoms with Crippen LogP contribution in [0.25, 0.3) is 10.9 Å². The van der Waals surface area contributed by atoms with Crippen molar-refractivity contribution in [3.63, 3.8) is 0 Å². The van der Waals surface area contributed by atoms with Gasteiger partial charge < -0.3 is 20.3 Å². The summed E-state index contributed by atoms with van der Waals surface area (Å²) in [5.41, 5.74) is -1.27. The van der Waals surface area contributed by atoms with Gasteiger partial charge in [-0.15, -0.1) is 0 Å². The molecule has 2 aliphatic heterocycles. The third-order valence-electron chi connectivity index (χ3n) is 7.41. The normalized spacial score (nSPS) is 22.9. The summed E-state index contributed by atoms with van der Waals surface area (Å²) in [5, 5.41) is 26.7. The minimum Gasteiger partial charge on any atom is -0.465 e. The van der Waals surface area contributed by atoms with Gasteiger partial charge in [-0.3, -0.25) is 9.48 Å². The van der Waals surface area contributed by atoms with Crippen LogP contribution in [-0.4, -0.2) is 68.4 Å². The lowest BCUT2D eigenvalue weighted by atomic mass is 9.83. The summed E-state index contributed by atoms with van der Waals surface area (Å²) in [6.45, 7) is 5.19. The van der Waals surface area contributed by atoms with Crippen LogP contribution in [0.1, 0.15) is 39.2 Å². The number of rotatable bonds is 4. The van der Waals surface area contributed by atoms with Crippen molar-refractivity contribution in [3.8, 4) is 6.07 Å². The van der Waals surface area contributed by atoms with E-state index < -0.39 is 45.5 Å². The number of carbonyl (C=O) groups is 1. The molecule has 1 saturated heterocycles. The Morgan fingerprint density at radius 2 is 2.10 bits per heavy atom. The summed E-state index contributed by atoms with van der Waals surface area (Å²) in [6.07, 6.45) is -1.92. The van der Waals surface area contributed by atoms with Crippen molar-refractivity contribution in [2.24, 2.45) is 0 Å². The van der Waals surface area contributed by atoms with Crippen molar-refractivity contribution in [2.75, 3.05) is 18.4 Å². The molecule has 1 fully saturated rings. The Hall–Kier alpha value is -3.96. The Labute approximate surface area is 223 Å². The molecule has 0 bridgehead atoms. The number of nitrogens with one attached hydrogen (secondary N) is 2. The molecule has 2 aliphatic rings. The fraction of sp³-hybridized carbons (Fsp3) is 0.440. The Kier molecular flexibility index (Phi) is 6.19. The molecule has 14 heteroatoms. The zero-order valence-corrected chi connectivity index (χ0v) is 22.4. The van der Waals surface area contributed by atoms with Gasteiger partial charge in [-0.05, 0) is 57.0 Å². The predicted molar refractivity (Wildman–Crippen MR) is 140 cm³/mol. The number of aromatic amines is 1. The van der Waals surface area contributed by atoms with Crippen molar-refractivity contribution in [2.45, 2.75) is 62.3 Å². The number of H-pyrrole nitrogens is 1. The maximum atomic E-state index is 15.7. The summed E-state index contributed by atoms with van der Waals surface area (Å²) in [5.74, 6) is 0.102. The highest BCUT2D eigenvalue weighted by molar-refractivity contribution is 7.89. The van der Waals surface area contributed by atoms with Gasteiger partial charge in [0, 0.05) is 30.5 Å². The number of nitrogens with zero attached hydrogens (tertiary/aromatic N) is 5. The number of carboxylic acid groups (broad SMARTS) is 1. The van der Waals surface area contributed by atoms with Crippen LogP contribution >= 0.6 is 0 Å². The number of anilines is 2. The second kappa shape index (κ2) is 9.06. The molecule has 0 spiro atoms. The zero-order chi connectivity index (χ0) is 28.3. The Bertz CT molecular complexity index is 1690. The molecule has 1 aromatic carbocycles. The third-order valence-corrected chi connectivity index (χ3v) is 9.62. The minimum atomic E-state index is -3.66. The number of piperidine rings is 1. The van der Waals surface area contributed by atoms with Crippen LogP contribution in [0.15, 0.2) is 40.2 Å². The monoisotopic (exact) mass is 557 g/mol. The van der Waals surface area contributed by atoms with Crippen molar-refractivity contribution in [1.82, 2.24) is 24.0 Å². The van der Waals surface area contributed by atoms with Crippen LogP contribution in [0.3, 0.4) is 0 Å². The first kappa shape index (κ1) is 26.6. The summed E-state index contributed by atoms with van der Waals surface area (Å²) in [4.78, 5) is 28.1. The molecule has 2 unspecified atom stereocenters. The summed E-state index contributed by atoms with van der Waals surface area (Å²) in [7, 11) is -3.66. The standard InChI is InChI=1S/C25H28FN7O5S/c1-24(2,3)32-13-15-12-16(4-5-18(15)39(32,37)38)29-21-20-17(6-10-28-22(20)34)33(30-21)25(7-9-27)8-11-31(23(35)36)14-19(25)26/h4-6,10,12,19H,7-8,11,13-14H2,1-3H3,(H,28,34)(H,29,30)(H,35,36). The van der Waals surface area contributed by atoms with Gasteiger partial charge in [-0.2, -0.15) is 14.7 Å². The van der Waals surface area contributed by atoms with E-state index in [4.69, 9.17) is 0 Å². The molecule has 0 saturated carbocycles. The van der Waals surface area contributed by atoms with E-state index in [1.165, 1.54) is 21.3 Å². The molecule has 3 N–H and O–H groups in total. The van der Waals surface area contributed by atoms with E-state index in [0.29, 0.717) is 11.3 Å². The number of aromatic nitrogens is 3. The first-order chi connectivity index (χ1) is 18.3. The number of benzene rings is 1.